The molecule has 0 saturated carbocycles. The van der Waals surface area contributed by atoms with E-state index in [4.69, 9.17) is 16.8 Å². The first-order valence-electron chi connectivity index (χ1n) is 2.51. The van der Waals surface area contributed by atoms with Crippen LogP contribution in [0.2, 0.25) is 0 Å². The van der Waals surface area contributed by atoms with E-state index in [0.717, 1.165) is 0 Å². The predicted molar refractivity (Wildman–Crippen MR) is 34.5 cm³/mol. The first kappa shape index (κ1) is 8.72. The molecule has 1 N–H and O–H groups in total. The molecule has 0 heterocycles. The third-order valence-electron chi connectivity index (χ3n) is 0.802. The van der Waals surface area contributed by atoms with Crippen LogP contribution in [0, 0.1) is 0 Å². The fourth-order valence-corrected chi connectivity index (χ4v) is 0.507. The fourth-order valence-electron chi connectivity index (χ4n) is 0.385. The second-order valence-corrected chi connectivity index (χ2v) is 3.25. The summed E-state index contributed by atoms with van der Waals surface area (Å²) in [4.78, 5) is 9.70. The van der Waals surface area contributed by atoms with Gasteiger partial charge in [-0.05, 0) is 13.8 Å². The molecule has 3 nitrogen and oxygen atoms in total. The average molecular weight is 152 g/mol. The van der Waals surface area contributed by atoms with Gasteiger partial charge in [-0.2, -0.15) is 0 Å². The average Bonchev–Trinajstić information content (AvgIpc) is 1.62. The Bertz CT molecular complexity index is 117. The van der Waals surface area contributed by atoms with Crippen LogP contribution in [0.4, 0.5) is 0 Å². The van der Waals surface area contributed by atoms with Gasteiger partial charge >= 0.3 is 0 Å². The van der Waals surface area contributed by atoms with Gasteiger partial charge in [0.05, 0.1) is 0 Å². The summed E-state index contributed by atoms with van der Waals surface area (Å²) >= 11 is 5.53. The lowest BCUT2D eigenvalue weighted by Crippen LogP contribution is -2.37. The Balaban J connectivity index is 4.06. The van der Waals surface area contributed by atoms with Gasteiger partial charge in [-0.3, -0.25) is 10.0 Å². The Morgan fingerprint density at radius 1 is 1.67 bits per heavy atom. The molecule has 0 aromatic carbocycles. The summed E-state index contributed by atoms with van der Waals surface area (Å²) in [7, 11) is 1.24. The minimum Gasteiger partial charge on any atom is -0.286 e. The van der Waals surface area contributed by atoms with E-state index in [0.29, 0.717) is 5.06 Å². The van der Waals surface area contributed by atoms with Crippen molar-refractivity contribution in [1.29, 1.82) is 0 Å². The van der Waals surface area contributed by atoms with Crippen LogP contribution in [0.1, 0.15) is 13.8 Å². The lowest BCUT2D eigenvalue weighted by Gasteiger charge is -2.17. The van der Waals surface area contributed by atoms with Crippen LogP contribution in [-0.4, -0.2) is 28.1 Å². The van der Waals surface area contributed by atoms with Crippen molar-refractivity contribution < 1.29 is 10.0 Å². The van der Waals surface area contributed by atoms with Gasteiger partial charge in [0.25, 0.3) is 5.91 Å². The Hall–Kier alpha value is -0.280. The molecule has 9 heavy (non-hydrogen) atoms. The number of carbonyl (C=O) groups excluding carboxylic acids is 1. The Labute approximate surface area is 59.2 Å². The van der Waals surface area contributed by atoms with Crippen LogP contribution in [0.15, 0.2) is 0 Å². The van der Waals surface area contributed by atoms with Crippen molar-refractivity contribution in [2.24, 2.45) is 0 Å². The number of hydrogen-bond acceptors (Lipinski definition) is 2. The van der Waals surface area contributed by atoms with Gasteiger partial charge in [0.15, 0.2) is 0 Å². The molecule has 0 aromatic rings. The van der Waals surface area contributed by atoms with Crippen LogP contribution >= 0.6 is 11.6 Å². The van der Waals surface area contributed by atoms with Gasteiger partial charge in [-0.15, -0.1) is 11.6 Å². The number of amides is 1. The second-order valence-electron chi connectivity index (χ2n) is 2.30. The van der Waals surface area contributed by atoms with Gasteiger partial charge in [-0.1, -0.05) is 0 Å². The monoisotopic (exact) mass is 151 g/mol. The molecule has 0 aliphatic heterocycles. The summed E-state index contributed by atoms with van der Waals surface area (Å²) in [5.41, 5.74) is 0. The molecule has 0 bridgehead atoms. The quantitative estimate of drug-likeness (QED) is 0.343. The number of hydroxylamine groups is 2. The second kappa shape index (κ2) is 2.54. The van der Waals surface area contributed by atoms with E-state index in [-0.39, 0.29) is 0 Å². The highest BCUT2D eigenvalue weighted by molar-refractivity contribution is 6.34. The third-order valence-corrected chi connectivity index (χ3v) is 0.964. The van der Waals surface area contributed by atoms with Gasteiger partial charge < -0.3 is 0 Å². The first-order valence-corrected chi connectivity index (χ1v) is 2.89. The van der Waals surface area contributed by atoms with Crippen LogP contribution in [-0.2, 0) is 4.79 Å². The molecule has 0 aromatic heterocycles. The van der Waals surface area contributed by atoms with E-state index in [1.54, 1.807) is 0 Å². The molecule has 54 valence electrons. The lowest BCUT2D eigenvalue weighted by atomic mass is 10.2. The van der Waals surface area contributed by atoms with Crippen molar-refractivity contribution in [1.82, 2.24) is 5.06 Å². The molecule has 0 aliphatic carbocycles. The van der Waals surface area contributed by atoms with Crippen LogP contribution < -0.4 is 0 Å². The van der Waals surface area contributed by atoms with E-state index in [1.165, 1.54) is 20.9 Å². The number of halogens is 1. The highest BCUT2D eigenvalue weighted by Crippen LogP contribution is 2.14. The van der Waals surface area contributed by atoms with Crippen molar-refractivity contribution in [3.05, 3.63) is 0 Å². The van der Waals surface area contributed by atoms with Crippen molar-refractivity contribution in [2.75, 3.05) is 7.05 Å². The Morgan fingerprint density at radius 2 is 2.00 bits per heavy atom. The summed E-state index contributed by atoms with van der Waals surface area (Å²) in [5.74, 6) is -0.510. The molecule has 0 atom stereocenters. The predicted octanol–water partition coefficient (Wildman–Crippen LogP) is 0.851. The SMILES string of the molecule is CN(O)C(=O)C(C)(C)Cl. The standard InChI is InChI=1S/C5H10ClNO2/c1-5(2,6)4(8)7(3)9/h9H,1-3H3. The molecule has 4 heteroatoms. The maximum absolute atomic E-state index is 10.7. The number of nitrogens with zero attached hydrogens (tertiary/aromatic N) is 1. The van der Waals surface area contributed by atoms with Gasteiger partial charge in [0.2, 0.25) is 0 Å². The highest BCUT2D eigenvalue weighted by atomic mass is 35.5. The zero-order valence-electron chi connectivity index (χ0n) is 5.68. The molecule has 1 amide bonds. The minimum absolute atomic E-state index is 0.479. The summed E-state index contributed by atoms with van der Waals surface area (Å²) in [6.07, 6.45) is 0. The number of hydrogen-bond donors (Lipinski definition) is 1. The molecule has 0 unspecified atom stereocenters. The summed E-state index contributed by atoms with van der Waals surface area (Å²) < 4.78 is 0. The normalized spacial score (nSPS) is 11.2. The van der Waals surface area contributed by atoms with Gasteiger partial charge in [-0.25, -0.2) is 5.06 Å². The number of alkyl halides is 1. The van der Waals surface area contributed by atoms with Crippen molar-refractivity contribution in [3.63, 3.8) is 0 Å². The van der Waals surface area contributed by atoms with E-state index >= 15 is 0 Å². The molecule has 0 radical (unpaired) electrons. The van der Waals surface area contributed by atoms with Crippen LogP contribution in [0.25, 0.3) is 0 Å². The zero-order chi connectivity index (χ0) is 7.65. The molecular formula is C5H10ClNO2. The maximum atomic E-state index is 10.7. The highest BCUT2D eigenvalue weighted by Gasteiger charge is 2.26. The molecule has 0 aliphatic rings. The van der Waals surface area contributed by atoms with Crippen LogP contribution in [0.3, 0.4) is 0 Å². The van der Waals surface area contributed by atoms with Crippen molar-refractivity contribution >= 4 is 17.5 Å². The maximum Gasteiger partial charge on any atom is 0.266 e. The van der Waals surface area contributed by atoms with E-state index < -0.39 is 10.8 Å². The Kier molecular flexibility index (Phi) is 2.46. The van der Waals surface area contributed by atoms with Crippen molar-refractivity contribution in [2.45, 2.75) is 18.7 Å². The largest absolute Gasteiger partial charge is 0.286 e. The van der Waals surface area contributed by atoms with Gasteiger partial charge in [0, 0.05) is 7.05 Å². The molecule has 0 spiro atoms. The van der Waals surface area contributed by atoms with Gasteiger partial charge in [0.1, 0.15) is 4.87 Å². The molecule has 0 rings (SSSR count). The Morgan fingerprint density at radius 3 is 2.00 bits per heavy atom. The number of rotatable bonds is 1. The van der Waals surface area contributed by atoms with E-state index in [2.05, 4.69) is 0 Å². The first-order chi connectivity index (χ1) is 3.85. The van der Waals surface area contributed by atoms with E-state index in [9.17, 15) is 4.79 Å². The van der Waals surface area contributed by atoms with Crippen molar-refractivity contribution in [3.8, 4) is 0 Å². The number of carbonyl (C=O) groups is 1. The molecular weight excluding hydrogens is 142 g/mol. The topological polar surface area (TPSA) is 40.5 Å². The third kappa shape index (κ3) is 2.67. The summed E-state index contributed by atoms with van der Waals surface area (Å²) in [6.45, 7) is 3.03. The molecule has 0 fully saturated rings. The van der Waals surface area contributed by atoms with Crippen LogP contribution in [0.5, 0.6) is 0 Å². The smallest absolute Gasteiger partial charge is 0.266 e. The molecule has 0 saturated heterocycles. The zero-order valence-corrected chi connectivity index (χ0v) is 6.44. The fraction of sp³-hybridized carbons (Fsp3) is 0.800. The summed E-state index contributed by atoms with van der Waals surface area (Å²) in [6, 6.07) is 0. The minimum atomic E-state index is -1.01. The van der Waals surface area contributed by atoms with E-state index in [1.807, 2.05) is 0 Å². The summed E-state index contributed by atoms with van der Waals surface area (Å²) in [5, 5.41) is 9.04. The lowest BCUT2D eigenvalue weighted by molar-refractivity contribution is -0.161.